The number of hydrogen-bond acceptors (Lipinski definition) is 4. The van der Waals surface area contributed by atoms with Crippen LogP contribution in [0.15, 0.2) is 18.3 Å². The smallest absolute Gasteiger partial charge is 0.356 e. The minimum Gasteiger partial charge on any atom is -0.476 e. The predicted octanol–water partition coefficient (Wildman–Crippen LogP) is 3.09. The van der Waals surface area contributed by atoms with Crippen molar-refractivity contribution in [3.63, 3.8) is 0 Å². The van der Waals surface area contributed by atoms with Crippen molar-refractivity contribution >= 4 is 34.9 Å². The number of aryl methyl sites for hydroxylation is 1. The van der Waals surface area contributed by atoms with Crippen molar-refractivity contribution in [3.05, 3.63) is 49.7 Å². The Morgan fingerprint density at radius 3 is 2.35 bits per heavy atom. The molecule has 0 fully saturated rings. The first-order chi connectivity index (χ1) is 9.31. The van der Waals surface area contributed by atoms with Gasteiger partial charge in [-0.25, -0.2) is 9.48 Å². The van der Waals surface area contributed by atoms with Gasteiger partial charge in [0.05, 0.1) is 15.0 Å². The van der Waals surface area contributed by atoms with E-state index in [1.54, 1.807) is 6.92 Å². The van der Waals surface area contributed by atoms with Gasteiger partial charge in [0.15, 0.2) is 5.69 Å². The summed E-state index contributed by atoms with van der Waals surface area (Å²) in [6, 6.07) is 2.25. The first-order valence-corrected chi connectivity index (χ1v) is 6.00. The Balaban J connectivity index is 2.61. The maximum absolute atomic E-state index is 10.9. The van der Waals surface area contributed by atoms with E-state index in [1.807, 2.05) is 0 Å². The molecule has 9 heteroatoms. The molecule has 0 spiro atoms. The lowest BCUT2D eigenvalue weighted by Crippen LogP contribution is -2.03. The van der Waals surface area contributed by atoms with Crippen LogP contribution >= 0.6 is 23.2 Å². The molecule has 0 bridgehead atoms. The normalized spacial score (nSPS) is 10.6. The standard InChI is InChI=1S/C11H7Cl2N3O4/c1-5-4-15(14-9(5)11(17)18)10-7(12)2-6(16(19)20)3-8(10)13/h2-4H,1H3,(H,17,18). The molecule has 0 atom stereocenters. The highest BCUT2D eigenvalue weighted by molar-refractivity contribution is 6.38. The van der Waals surface area contributed by atoms with Gasteiger partial charge in [0.1, 0.15) is 5.69 Å². The van der Waals surface area contributed by atoms with E-state index >= 15 is 0 Å². The van der Waals surface area contributed by atoms with Crippen LogP contribution in [0.3, 0.4) is 0 Å². The zero-order valence-electron chi connectivity index (χ0n) is 10.0. The molecule has 1 aromatic carbocycles. The van der Waals surface area contributed by atoms with Gasteiger partial charge in [-0.3, -0.25) is 10.1 Å². The van der Waals surface area contributed by atoms with Gasteiger partial charge < -0.3 is 5.11 Å². The predicted molar refractivity (Wildman–Crippen MR) is 71.9 cm³/mol. The number of aromatic carboxylic acids is 1. The van der Waals surface area contributed by atoms with Crippen LogP contribution in [0.4, 0.5) is 5.69 Å². The zero-order chi connectivity index (χ0) is 15.0. The molecule has 0 saturated carbocycles. The molecule has 2 aromatic rings. The fourth-order valence-electron chi connectivity index (χ4n) is 1.66. The third kappa shape index (κ3) is 2.45. The molecule has 1 aromatic heterocycles. The molecule has 1 N–H and O–H groups in total. The van der Waals surface area contributed by atoms with Crippen LogP contribution in [0, 0.1) is 17.0 Å². The van der Waals surface area contributed by atoms with E-state index in [0.29, 0.717) is 5.56 Å². The van der Waals surface area contributed by atoms with E-state index in [9.17, 15) is 14.9 Å². The Labute approximate surface area is 122 Å². The number of rotatable bonds is 3. The van der Waals surface area contributed by atoms with Crippen molar-refractivity contribution in [2.75, 3.05) is 0 Å². The summed E-state index contributed by atoms with van der Waals surface area (Å²) in [5.41, 5.74) is 0.207. The number of aromatic nitrogens is 2. The molecule has 7 nitrogen and oxygen atoms in total. The minimum absolute atomic E-state index is 0.00337. The Morgan fingerprint density at radius 1 is 1.40 bits per heavy atom. The van der Waals surface area contributed by atoms with E-state index in [0.717, 1.165) is 12.1 Å². The van der Waals surface area contributed by atoms with Gasteiger partial charge >= 0.3 is 5.97 Å². The summed E-state index contributed by atoms with van der Waals surface area (Å²) in [5.74, 6) is -1.18. The van der Waals surface area contributed by atoms with Gasteiger partial charge in [0.2, 0.25) is 0 Å². The van der Waals surface area contributed by atoms with Crippen molar-refractivity contribution in [3.8, 4) is 5.69 Å². The Morgan fingerprint density at radius 2 is 1.95 bits per heavy atom. The van der Waals surface area contributed by atoms with Crippen molar-refractivity contribution in [2.24, 2.45) is 0 Å². The number of nitrogens with zero attached hydrogens (tertiary/aromatic N) is 3. The monoisotopic (exact) mass is 315 g/mol. The fraction of sp³-hybridized carbons (Fsp3) is 0.0909. The van der Waals surface area contributed by atoms with Crippen LogP contribution in [0.1, 0.15) is 16.1 Å². The number of carboxylic acid groups (broad SMARTS) is 1. The van der Waals surface area contributed by atoms with Gasteiger partial charge in [-0.1, -0.05) is 23.2 Å². The van der Waals surface area contributed by atoms with Crippen LogP contribution in [-0.2, 0) is 0 Å². The topological polar surface area (TPSA) is 98.3 Å². The summed E-state index contributed by atoms with van der Waals surface area (Å²) in [4.78, 5) is 21.0. The maximum atomic E-state index is 10.9. The zero-order valence-corrected chi connectivity index (χ0v) is 11.5. The maximum Gasteiger partial charge on any atom is 0.356 e. The van der Waals surface area contributed by atoms with Crippen LogP contribution in [0.25, 0.3) is 5.69 Å². The number of carboxylic acids is 1. The van der Waals surface area contributed by atoms with Crippen molar-refractivity contribution in [1.29, 1.82) is 0 Å². The number of nitro groups is 1. The summed E-state index contributed by atoms with van der Waals surface area (Å²) >= 11 is 11.9. The van der Waals surface area contributed by atoms with Gasteiger partial charge in [0, 0.05) is 23.9 Å². The highest BCUT2D eigenvalue weighted by Crippen LogP contribution is 2.33. The molecule has 104 valence electrons. The van der Waals surface area contributed by atoms with Crippen LogP contribution < -0.4 is 0 Å². The summed E-state index contributed by atoms with van der Waals surface area (Å²) in [5, 5.41) is 23.5. The van der Waals surface area contributed by atoms with Crippen LogP contribution in [-0.4, -0.2) is 25.8 Å². The summed E-state index contributed by atoms with van der Waals surface area (Å²) < 4.78 is 1.19. The molecule has 0 saturated heterocycles. The lowest BCUT2D eigenvalue weighted by Gasteiger charge is -2.06. The van der Waals surface area contributed by atoms with Gasteiger partial charge in [-0.05, 0) is 6.92 Å². The van der Waals surface area contributed by atoms with Gasteiger partial charge in [-0.2, -0.15) is 5.10 Å². The molecule has 0 unspecified atom stereocenters. The SMILES string of the molecule is Cc1cn(-c2c(Cl)cc([N+](=O)[O-])cc2Cl)nc1C(=O)O. The first kappa shape index (κ1) is 14.3. The fourth-order valence-corrected chi connectivity index (χ4v) is 2.31. The molecule has 1 heterocycles. The van der Waals surface area contributed by atoms with Crippen molar-refractivity contribution < 1.29 is 14.8 Å². The van der Waals surface area contributed by atoms with E-state index in [2.05, 4.69) is 5.10 Å². The average Bonchev–Trinajstić information content (AvgIpc) is 2.70. The van der Waals surface area contributed by atoms with Crippen LogP contribution in [0.5, 0.6) is 0 Å². The number of carbonyl (C=O) groups is 1. The quantitative estimate of drug-likeness (QED) is 0.693. The number of halogens is 2. The number of nitro benzene ring substituents is 1. The first-order valence-electron chi connectivity index (χ1n) is 5.24. The summed E-state index contributed by atoms with van der Waals surface area (Å²) in [7, 11) is 0. The molecular weight excluding hydrogens is 309 g/mol. The molecule has 0 aliphatic carbocycles. The Kier molecular flexibility index (Phi) is 3.65. The second kappa shape index (κ2) is 5.10. The van der Waals surface area contributed by atoms with Gasteiger partial charge in [0.25, 0.3) is 5.69 Å². The van der Waals surface area contributed by atoms with Crippen molar-refractivity contribution in [2.45, 2.75) is 6.92 Å². The third-order valence-electron chi connectivity index (χ3n) is 2.54. The molecule has 0 radical (unpaired) electrons. The number of benzene rings is 1. The Hall–Kier alpha value is -2.12. The van der Waals surface area contributed by atoms with E-state index in [-0.39, 0.29) is 27.1 Å². The molecule has 20 heavy (non-hydrogen) atoms. The lowest BCUT2D eigenvalue weighted by atomic mass is 10.2. The molecule has 0 amide bonds. The molecule has 2 rings (SSSR count). The highest BCUT2D eigenvalue weighted by Gasteiger charge is 2.19. The van der Waals surface area contributed by atoms with Crippen molar-refractivity contribution in [1.82, 2.24) is 9.78 Å². The largest absolute Gasteiger partial charge is 0.476 e. The second-order valence-electron chi connectivity index (χ2n) is 3.93. The van der Waals surface area contributed by atoms with E-state index in [4.69, 9.17) is 28.3 Å². The van der Waals surface area contributed by atoms with Gasteiger partial charge in [-0.15, -0.1) is 0 Å². The number of non-ortho nitro benzene ring substituents is 1. The minimum atomic E-state index is -1.18. The second-order valence-corrected chi connectivity index (χ2v) is 4.74. The molecular formula is C11H7Cl2N3O4. The number of hydrogen-bond donors (Lipinski definition) is 1. The van der Waals surface area contributed by atoms with Crippen LogP contribution in [0.2, 0.25) is 10.0 Å². The third-order valence-corrected chi connectivity index (χ3v) is 3.12. The molecule has 0 aliphatic heterocycles. The summed E-state index contributed by atoms with van der Waals surface area (Å²) in [6.07, 6.45) is 1.43. The summed E-state index contributed by atoms with van der Waals surface area (Å²) in [6.45, 7) is 1.57. The molecule has 0 aliphatic rings. The van der Waals surface area contributed by atoms with E-state index < -0.39 is 10.9 Å². The average molecular weight is 316 g/mol. The Bertz CT molecular complexity index is 703. The highest BCUT2D eigenvalue weighted by atomic mass is 35.5. The lowest BCUT2D eigenvalue weighted by molar-refractivity contribution is -0.384. The van der Waals surface area contributed by atoms with E-state index in [1.165, 1.54) is 10.9 Å².